The van der Waals surface area contributed by atoms with Crippen LogP contribution in [-0.2, 0) is 14.1 Å². The second-order valence-corrected chi connectivity index (χ2v) is 7.18. The van der Waals surface area contributed by atoms with Crippen LogP contribution in [0.3, 0.4) is 0 Å². The number of rotatable bonds is 6. The minimum absolute atomic E-state index is 0.196. The third kappa shape index (κ3) is 4.33. The first-order valence-electron chi connectivity index (χ1n) is 8.42. The zero-order chi connectivity index (χ0) is 19.5. The summed E-state index contributed by atoms with van der Waals surface area (Å²) in [6.07, 6.45) is 1.76. The van der Waals surface area contributed by atoms with Gasteiger partial charge in [0.2, 0.25) is 0 Å². The molecule has 1 heterocycles. The van der Waals surface area contributed by atoms with Gasteiger partial charge in [0.1, 0.15) is 6.54 Å². The Morgan fingerprint density at radius 1 is 1.19 bits per heavy atom. The molecule has 26 heavy (non-hydrogen) atoms. The van der Waals surface area contributed by atoms with Crippen molar-refractivity contribution in [1.82, 2.24) is 5.32 Å². The summed E-state index contributed by atoms with van der Waals surface area (Å²) in [7, 11) is -0.611. The third-order valence-electron chi connectivity index (χ3n) is 4.74. The van der Waals surface area contributed by atoms with Crippen LogP contribution in [0, 0.1) is 0 Å². The van der Waals surface area contributed by atoms with Gasteiger partial charge in [0.15, 0.2) is 0 Å². The number of aliphatic carboxylic acids is 1. The van der Waals surface area contributed by atoms with Crippen LogP contribution in [0.4, 0.5) is 0 Å². The molecule has 0 aliphatic carbocycles. The molecule has 0 bridgehead atoms. The molecule has 7 nitrogen and oxygen atoms in total. The average molecular weight is 360 g/mol. The lowest BCUT2D eigenvalue weighted by atomic mass is 9.77. The molecule has 0 radical (unpaired) electrons. The fourth-order valence-corrected chi connectivity index (χ4v) is 2.50. The second-order valence-electron chi connectivity index (χ2n) is 7.18. The Bertz CT molecular complexity index is 714. The van der Waals surface area contributed by atoms with E-state index in [1.54, 1.807) is 30.3 Å². The molecule has 1 fully saturated rings. The Morgan fingerprint density at radius 3 is 2.31 bits per heavy atom. The number of hydrogen-bond donors (Lipinski definition) is 3. The van der Waals surface area contributed by atoms with E-state index in [1.807, 2.05) is 27.7 Å². The van der Waals surface area contributed by atoms with Gasteiger partial charge in [-0.15, -0.1) is 0 Å². The van der Waals surface area contributed by atoms with Gasteiger partial charge in [0.05, 0.1) is 11.2 Å². The maximum absolute atomic E-state index is 12.3. The number of carboxylic acid groups (broad SMARTS) is 1. The van der Waals surface area contributed by atoms with Crippen molar-refractivity contribution in [3.63, 3.8) is 0 Å². The number of carbonyl (C=O) groups excluding carboxylic acids is 1. The summed E-state index contributed by atoms with van der Waals surface area (Å²) in [4.78, 5) is 22.9. The number of amides is 1. The molecule has 0 saturated carbocycles. The molecule has 0 unspecified atom stereocenters. The van der Waals surface area contributed by atoms with Crippen molar-refractivity contribution in [3.05, 3.63) is 40.9 Å². The summed E-state index contributed by atoms with van der Waals surface area (Å²) < 4.78 is 12.0. The molecule has 2 rings (SSSR count). The first-order chi connectivity index (χ1) is 12.1. The van der Waals surface area contributed by atoms with Gasteiger partial charge in [-0.2, -0.15) is 0 Å². The van der Waals surface area contributed by atoms with Crippen LogP contribution in [0.5, 0.6) is 0 Å². The van der Waals surface area contributed by atoms with Crippen LogP contribution >= 0.6 is 0 Å². The highest BCUT2D eigenvalue weighted by molar-refractivity contribution is 6.56. The van der Waals surface area contributed by atoms with Gasteiger partial charge in [0, 0.05) is 12.1 Å². The predicted octanol–water partition coefficient (Wildman–Crippen LogP) is 1.47. The van der Waals surface area contributed by atoms with Crippen LogP contribution < -0.4 is 11.1 Å². The quantitative estimate of drug-likeness (QED) is 0.663. The number of hydrogen-bond acceptors (Lipinski definition) is 5. The van der Waals surface area contributed by atoms with Crippen LogP contribution in [0.1, 0.15) is 43.6 Å². The van der Waals surface area contributed by atoms with Gasteiger partial charge in [-0.25, -0.2) is 0 Å². The molecule has 0 spiro atoms. The zero-order valence-corrected chi connectivity index (χ0v) is 15.5. The summed E-state index contributed by atoms with van der Waals surface area (Å²) in [5.74, 6) is -1.57. The van der Waals surface area contributed by atoms with E-state index >= 15 is 0 Å². The van der Waals surface area contributed by atoms with Crippen LogP contribution in [0.2, 0.25) is 0 Å². The number of carboxylic acids is 1. The van der Waals surface area contributed by atoms with E-state index in [0.29, 0.717) is 16.6 Å². The molecule has 8 heteroatoms. The van der Waals surface area contributed by atoms with E-state index in [4.69, 9.17) is 20.1 Å². The first-order valence-corrected chi connectivity index (χ1v) is 8.42. The summed E-state index contributed by atoms with van der Waals surface area (Å²) in [5.41, 5.74) is 6.57. The molecule has 1 aromatic rings. The smallest absolute Gasteiger partial charge is 0.480 e. The summed E-state index contributed by atoms with van der Waals surface area (Å²) in [6, 6.07) is 6.89. The maximum Gasteiger partial charge on any atom is 0.491 e. The highest BCUT2D eigenvalue weighted by Crippen LogP contribution is 2.38. The Balaban J connectivity index is 2.30. The lowest BCUT2D eigenvalue weighted by Crippen LogP contribution is -2.41. The number of benzene rings is 1. The Kier molecular flexibility index (Phi) is 5.90. The third-order valence-corrected chi connectivity index (χ3v) is 4.74. The minimum Gasteiger partial charge on any atom is -0.480 e. The molecule has 4 N–H and O–H groups in total. The van der Waals surface area contributed by atoms with E-state index in [-0.39, 0.29) is 6.54 Å². The lowest BCUT2D eigenvalue weighted by molar-refractivity contribution is -0.135. The average Bonchev–Trinajstić information content (AvgIpc) is 2.78. The monoisotopic (exact) mass is 360 g/mol. The topological polar surface area (TPSA) is 111 Å². The standard InChI is InChI=1S/C18H25BN2O5/c1-17(2)18(3,4)26-19(25-17)13(10-20)9-12-7-5-6-8-14(12)16(24)21-11-15(22)23/h5-9H,10-11,20H2,1-4H3,(H,21,24)(H,22,23). The SMILES string of the molecule is CC1(C)OB(C(=Cc2ccccc2C(=O)NCC(=O)O)CN)OC1(C)C. The highest BCUT2D eigenvalue weighted by Gasteiger charge is 2.52. The maximum atomic E-state index is 12.3. The summed E-state index contributed by atoms with van der Waals surface area (Å²) in [5, 5.41) is 11.1. The van der Waals surface area contributed by atoms with Crippen molar-refractivity contribution in [3.8, 4) is 0 Å². The normalized spacial score (nSPS) is 18.7. The van der Waals surface area contributed by atoms with Crippen LogP contribution in [0.15, 0.2) is 29.7 Å². The molecule has 0 aromatic heterocycles. The largest absolute Gasteiger partial charge is 0.491 e. The molecule has 1 aromatic carbocycles. The summed E-state index contributed by atoms with van der Waals surface area (Å²) >= 11 is 0. The van der Waals surface area contributed by atoms with Gasteiger partial charge in [-0.3, -0.25) is 9.59 Å². The number of nitrogens with one attached hydrogen (secondary N) is 1. The summed E-state index contributed by atoms with van der Waals surface area (Å²) in [6.45, 7) is 7.56. The molecule has 140 valence electrons. The number of carbonyl (C=O) groups is 2. The number of nitrogens with two attached hydrogens (primary N) is 1. The van der Waals surface area contributed by atoms with Crippen molar-refractivity contribution in [2.75, 3.05) is 13.1 Å². The van der Waals surface area contributed by atoms with Crippen molar-refractivity contribution < 1.29 is 24.0 Å². The first kappa shape index (κ1) is 20.2. The van der Waals surface area contributed by atoms with E-state index in [9.17, 15) is 9.59 Å². The predicted molar refractivity (Wildman–Crippen MR) is 99.5 cm³/mol. The van der Waals surface area contributed by atoms with E-state index < -0.39 is 36.7 Å². The van der Waals surface area contributed by atoms with Crippen molar-refractivity contribution in [1.29, 1.82) is 0 Å². The van der Waals surface area contributed by atoms with Gasteiger partial charge < -0.3 is 25.5 Å². The fraction of sp³-hybridized carbons (Fsp3) is 0.444. The van der Waals surface area contributed by atoms with Gasteiger partial charge in [-0.05, 0) is 44.8 Å². The van der Waals surface area contributed by atoms with Crippen molar-refractivity contribution in [2.45, 2.75) is 38.9 Å². The Hall–Kier alpha value is -2.16. The molecular weight excluding hydrogens is 335 g/mol. The van der Waals surface area contributed by atoms with E-state index in [1.165, 1.54) is 0 Å². The van der Waals surface area contributed by atoms with Crippen LogP contribution in [-0.4, -0.2) is 48.4 Å². The minimum atomic E-state index is -1.11. The van der Waals surface area contributed by atoms with Crippen LogP contribution in [0.25, 0.3) is 6.08 Å². The Morgan fingerprint density at radius 2 is 1.77 bits per heavy atom. The van der Waals surface area contributed by atoms with Gasteiger partial charge in [-0.1, -0.05) is 24.3 Å². The van der Waals surface area contributed by atoms with Crippen molar-refractivity contribution >= 4 is 25.1 Å². The zero-order valence-electron chi connectivity index (χ0n) is 15.5. The molecule has 1 aliphatic heterocycles. The highest BCUT2D eigenvalue weighted by atomic mass is 16.7. The molecular formula is C18H25BN2O5. The molecule has 1 aliphatic rings. The lowest BCUT2D eigenvalue weighted by Gasteiger charge is -2.32. The van der Waals surface area contributed by atoms with E-state index in [0.717, 1.165) is 0 Å². The fourth-order valence-electron chi connectivity index (χ4n) is 2.50. The van der Waals surface area contributed by atoms with Gasteiger partial charge >= 0.3 is 13.1 Å². The molecule has 0 atom stereocenters. The van der Waals surface area contributed by atoms with Crippen molar-refractivity contribution in [2.24, 2.45) is 5.73 Å². The van der Waals surface area contributed by atoms with E-state index in [2.05, 4.69) is 5.32 Å². The molecule has 1 amide bonds. The second kappa shape index (κ2) is 7.61. The Labute approximate surface area is 153 Å². The molecule has 1 saturated heterocycles. The van der Waals surface area contributed by atoms with Gasteiger partial charge in [0.25, 0.3) is 5.91 Å².